The number of aryl methyl sites for hydroxylation is 1. The summed E-state index contributed by atoms with van der Waals surface area (Å²) in [6.45, 7) is 4.49. The fraction of sp³-hybridized carbons (Fsp3) is 0.387. The van der Waals surface area contributed by atoms with Gasteiger partial charge in [-0.2, -0.15) is 0 Å². The molecule has 0 aromatic heterocycles. The van der Waals surface area contributed by atoms with Crippen molar-refractivity contribution in [2.45, 2.75) is 58.3 Å². The van der Waals surface area contributed by atoms with Gasteiger partial charge in [0.25, 0.3) is 5.91 Å². The molecule has 0 fully saturated rings. The molecule has 0 saturated carbocycles. The summed E-state index contributed by atoms with van der Waals surface area (Å²) >= 11 is 6.72. The lowest BCUT2D eigenvalue weighted by atomic mass is 9.71. The lowest BCUT2D eigenvalue weighted by Gasteiger charge is -2.43. The molecule has 7 nitrogen and oxygen atoms in total. The van der Waals surface area contributed by atoms with E-state index in [1.165, 1.54) is 7.11 Å². The highest BCUT2D eigenvalue weighted by molar-refractivity contribution is 6.32. The minimum Gasteiger partial charge on any atom is -0.493 e. The van der Waals surface area contributed by atoms with Gasteiger partial charge in [-0.15, -0.1) is 0 Å². The van der Waals surface area contributed by atoms with E-state index in [2.05, 4.69) is 17.1 Å². The Morgan fingerprint density at radius 2 is 1.62 bits per heavy atom. The first-order valence-corrected chi connectivity index (χ1v) is 13.9. The SMILES string of the molecule is CCN1C2=C(C(=O)CCC2)C(c2cc(Cl)c(OCC(=O)Nc3ccc(C)cc3)c(OC)c2)C2=C1CCCC2=O. The molecule has 2 aliphatic carbocycles. The van der Waals surface area contributed by atoms with E-state index >= 15 is 0 Å². The summed E-state index contributed by atoms with van der Waals surface area (Å²) in [6.07, 6.45) is 4.15. The van der Waals surface area contributed by atoms with Crippen molar-refractivity contribution in [2.75, 3.05) is 25.6 Å². The number of anilines is 1. The first kappa shape index (κ1) is 27.0. The number of hydrogen-bond donors (Lipinski definition) is 1. The fourth-order valence-electron chi connectivity index (χ4n) is 5.95. The molecule has 204 valence electrons. The van der Waals surface area contributed by atoms with E-state index in [-0.39, 0.29) is 34.9 Å². The molecule has 0 atom stereocenters. The predicted octanol–water partition coefficient (Wildman–Crippen LogP) is 6.11. The smallest absolute Gasteiger partial charge is 0.262 e. The Kier molecular flexibility index (Phi) is 7.80. The van der Waals surface area contributed by atoms with Crippen molar-refractivity contribution in [2.24, 2.45) is 0 Å². The van der Waals surface area contributed by atoms with Crippen LogP contribution in [-0.4, -0.2) is 42.6 Å². The van der Waals surface area contributed by atoms with Crippen LogP contribution < -0.4 is 14.8 Å². The summed E-state index contributed by atoms with van der Waals surface area (Å²) < 4.78 is 11.4. The van der Waals surface area contributed by atoms with Crippen molar-refractivity contribution in [1.29, 1.82) is 0 Å². The maximum atomic E-state index is 13.4. The van der Waals surface area contributed by atoms with E-state index in [9.17, 15) is 14.4 Å². The molecule has 2 aromatic rings. The second kappa shape index (κ2) is 11.3. The number of carbonyl (C=O) groups excluding carboxylic acids is 3. The van der Waals surface area contributed by atoms with Crippen LogP contribution in [-0.2, 0) is 14.4 Å². The zero-order valence-corrected chi connectivity index (χ0v) is 23.3. The molecule has 8 heteroatoms. The molecule has 0 unspecified atom stereocenters. The van der Waals surface area contributed by atoms with Crippen LogP contribution in [0.25, 0.3) is 0 Å². The quantitative estimate of drug-likeness (QED) is 0.449. The molecule has 0 bridgehead atoms. The number of nitrogens with one attached hydrogen (secondary N) is 1. The van der Waals surface area contributed by atoms with E-state index in [0.29, 0.717) is 42.0 Å². The van der Waals surface area contributed by atoms with Gasteiger partial charge < -0.3 is 19.7 Å². The highest BCUT2D eigenvalue weighted by Gasteiger charge is 2.43. The van der Waals surface area contributed by atoms with Gasteiger partial charge in [0.2, 0.25) is 0 Å². The number of hydrogen-bond acceptors (Lipinski definition) is 6. The summed E-state index contributed by atoms with van der Waals surface area (Å²) in [7, 11) is 1.50. The topological polar surface area (TPSA) is 84.9 Å². The molecule has 39 heavy (non-hydrogen) atoms. The number of amides is 1. The van der Waals surface area contributed by atoms with Crippen molar-refractivity contribution in [3.05, 3.63) is 75.1 Å². The summed E-state index contributed by atoms with van der Waals surface area (Å²) in [6, 6.07) is 11.0. The molecule has 0 spiro atoms. The van der Waals surface area contributed by atoms with E-state index in [1.54, 1.807) is 12.1 Å². The minimum absolute atomic E-state index is 0.0767. The minimum atomic E-state index is -0.497. The van der Waals surface area contributed by atoms with E-state index < -0.39 is 5.92 Å². The Labute approximate surface area is 233 Å². The Morgan fingerprint density at radius 3 is 2.18 bits per heavy atom. The second-order valence-corrected chi connectivity index (χ2v) is 10.6. The molecule has 2 aromatic carbocycles. The predicted molar refractivity (Wildman–Crippen MR) is 150 cm³/mol. The van der Waals surface area contributed by atoms with Crippen LogP contribution >= 0.6 is 11.6 Å². The lowest BCUT2D eigenvalue weighted by Crippen LogP contribution is -2.39. The van der Waals surface area contributed by atoms with Crippen LogP contribution in [0.1, 0.15) is 62.5 Å². The number of allylic oxidation sites excluding steroid dienone is 4. The number of carbonyl (C=O) groups is 3. The maximum Gasteiger partial charge on any atom is 0.262 e. The lowest BCUT2D eigenvalue weighted by molar-refractivity contribution is -0.118. The number of ether oxygens (including phenoxy) is 2. The van der Waals surface area contributed by atoms with Gasteiger partial charge in [-0.05, 0) is 69.4 Å². The monoisotopic (exact) mass is 548 g/mol. The van der Waals surface area contributed by atoms with Crippen molar-refractivity contribution >= 4 is 34.8 Å². The average molecular weight is 549 g/mol. The highest BCUT2D eigenvalue weighted by Crippen LogP contribution is 2.51. The van der Waals surface area contributed by atoms with Gasteiger partial charge in [0.1, 0.15) is 0 Å². The van der Waals surface area contributed by atoms with Crippen LogP contribution in [0.4, 0.5) is 5.69 Å². The number of ketones is 2. The van der Waals surface area contributed by atoms with Crippen LogP contribution in [0.5, 0.6) is 11.5 Å². The summed E-state index contributed by atoms with van der Waals surface area (Å²) in [5, 5.41) is 3.05. The summed E-state index contributed by atoms with van der Waals surface area (Å²) in [5.74, 6) is -0.0989. The van der Waals surface area contributed by atoms with Crippen LogP contribution in [0.15, 0.2) is 58.9 Å². The van der Waals surface area contributed by atoms with Crippen molar-refractivity contribution in [3.8, 4) is 11.5 Å². The Morgan fingerprint density at radius 1 is 1.00 bits per heavy atom. The standard InChI is InChI=1S/C31H33ClN2O5/c1-4-34-22-7-5-9-24(35)29(22)28(30-23(34)8-6-10-25(30)36)19-15-21(32)31(26(16-19)38-3)39-17-27(37)33-20-13-11-18(2)12-14-20/h11-16,28H,4-10,17H2,1-3H3,(H,33,37). The highest BCUT2D eigenvalue weighted by atomic mass is 35.5. The molecule has 3 aliphatic rings. The summed E-state index contributed by atoms with van der Waals surface area (Å²) in [4.78, 5) is 41.4. The molecule has 1 heterocycles. The molecule has 1 N–H and O–H groups in total. The van der Waals surface area contributed by atoms with Crippen LogP contribution in [0, 0.1) is 6.92 Å². The van der Waals surface area contributed by atoms with Gasteiger partial charge in [0, 0.05) is 53.5 Å². The number of benzene rings is 2. The maximum absolute atomic E-state index is 13.4. The third-order valence-corrected chi connectivity index (χ3v) is 7.95. The molecule has 5 rings (SSSR count). The van der Waals surface area contributed by atoms with E-state index in [4.69, 9.17) is 21.1 Å². The Balaban J connectivity index is 1.48. The van der Waals surface area contributed by atoms with Gasteiger partial charge in [-0.1, -0.05) is 29.3 Å². The zero-order valence-electron chi connectivity index (χ0n) is 22.6. The molecule has 0 saturated heterocycles. The molecule has 1 amide bonds. The molecule has 0 radical (unpaired) electrons. The molecular formula is C31H33ClN2O5. The van der Waals surface area contributed by atoms with E-state index in [0.717, 1.165) is 48.2 Å². The van der Waals surface area contributed by atoms with Gasteiger partial charge in [0.05, 0.1) is 12.1 Å². The average Bonchev–Trinajstić information content (AvgIpc) is 2.92. The summed E-state index contributed by atoms with van der Waals surface area (Å²) in [5.41, 5.74) is 5.92. The first-order chi connectivity index (χ1) is 18.8. The Bertz CT molecular complexity index is 1350. The number of methoxy groups -OCH3 is 1. The van der Waals surface area contributed by atoms with Gasteiger partial charge in [0.15, 0.2) is 29.7 Å². The first-order valence-electron chi connectivity index (χ1n) is 13.5. The number of halogens is 1. The largest absolute Gasteiger partial charge is 0.493 e. The number of rotatable bonds is 7. The van der Waals surface area contributed by atoms with Crippen molar-refractivity contribution in [3.63, 3.8) is 0 Å². The molecule has 1 aliphatic heterocycles. The van der Waals surface area contributed by atoms with Crippen LogP contribution in [0.2, 0.25) is 5.02 Å². The van der Waals surface area contributed by atoms with Crippen LogP contribution in [0.3, 0.4) is 0 Å². The van der Waals surface area contributed by atoms with Gasteiger partial charge in [-0.3, -0.25) is 14.4 Å². The second-order valence-electron chi connectivity index (χ2n) is 10.2. The number of Topliss-reactive ketones (excluding diaryl/α,β-unsaturated/α-hetero) is 2. The van der Waals surface area contributed by atoms with Gasteiger partial charge >= 0.3 is 0 Å². The van der Waals surface area contributed by atoms with Crippen molar-refractivity contribution in [1.82, 2.24) is 4.90 Å². The fourth-order valence-corrected chi connectivity index (χ4v) is 6.22. The Hall–Kier alpha value is -3.58. The molecular weight excluding hydrogens is 516 g/mol. The third-order valence-electron chi connectivity index (χ3n) is 7.67. The zero-order chi connectivity index (χ0) is 27.7. The third kappa shape index (κ3) is 5.20. The van der Waals surface area contributed by atoms with Crippen molar-refractivity contribution < 1.29 is 23.9 Å². The normalized spacial score (nSPS) is 17.7. The van der Waals surface area contributed by atoms with Gasteiger partial charge in [-0.25, -0.2) is 0 Å². The van der Waals surface area contributed by atoms with E-state index in [1.807, 2.05) is 31.2 Å². The number of nitrogens with zero attached hydrogens (tertiary/aromatic N) is 1.